The molecule has 8 heteroatoms. The fourth-order valence-corrected chi connectivity index (χ4v) is 0. The van der Waals surface area contributed by atoms with Crippen molar-refractivity contribution in [3.05, 3.63) is 0 Å². The SMILES string of the molecule is CC(=O)O.CC(=O)O.CC(=O)O.[Ca+2].[H-].[H-].[H-].[H-].[Mg+2]. The summed E-state index contributed by atoms with van der Waals surface area (Å²) in [4.78, 5) is 27.0. The smallest absolute Gasteiger partial charge is 1.00 e. The predicted octanol–water partition coefficient (Wildman–Crippen LogP) is -0.0389. The Bertz CT molecular complexity index is 134. The van der Waals surface area contributed by atoms with E-state index in [2.05, 4.69) is 0 Å². The fraction of sp³-hybridized carbons (Fsp3) is 0.500. The molecule has 3 N–H and O–H groups in total. The topological polar surface area (TPSA) is 112 Å². The summed E-state index contributed by atoms with van der Waals surface area (Å²) in [5, 5.41) is 22.2. The maximum atomic E-state index is 9.00. The molecule has 0 bridgehead atoms. The minimum absolute atomic E-state index is 0. The van der Waals surface area contributed by atoms with Crippen LogP contribution in [0.15, 0.2) is 0 Å². The number of carbonyl (C=O) groups is 3. The summed E-state index contributed by atoms with van der Waals surface area (Å²) in [5.41, 5.74) is 0. The van der Waals surface area contributed by atoms with Crippen molar-refractivity contribution in [2.45, 2.75) is 20.8 Å². The second kappa shape index (κ2) is 23.3. The average Bonchev–Trinajstić information content (AvgIpc) is 1.54. The van der Waals surface area contributed by atoms with Crippen LogP contribution in [0.5, 0.6) is 0 Å². The molecule has 80 valence electrons. The van der Waals surface area contributed by atoms with Crippen LogP contribution in [0.4, 0.5) is 0 Å². The Balaban J connectivity index is -0.00000000827. The van der Waals surface area contributed by atoms with E-state index in [1.807, 2.05) is 0 Å². The van der Waals surface area contributed by atoms with Crippen molar-refractivity contribution in [3.8, 4) is 0 Å². The third-order valence-corrected chi connectivity index (χ3v) is 0. The van der Waals surface area contributed by atoms with Crippen LogP contribution in [0.2, 0.25) is 0 Å². The molecule has 0 rings (SSSR count). The van der Waals surface area contributed by atoms with Gasteiger partial charge in [-0.05, 0) is 0 Å². The maximum absolute atomic E-state index is 9.00. The van der Waals surface area contributed by atoms with Crippen molar-refractivity contribution in [2.75, 3.05) is 0 Å². The molecule has 0 unspecified atom stereocenters. The van der Waals surface area contributed by atoms with Gasteiger partial charge in [0.2, 0.25) is 0 Å². The van der Waals surface area contributed by atoms with Gasteiger partial charge < -0.3 is 21.0 Å². The molecule has 6 nitrogen and oxygen atoms in total. The summed E-state index contributed by atoms with van der Waals surface area (Å²) in [6.07, 6.45) is 0. The Labute approximate surface area is 134 Å². The second-order valence-corrected chi connectivity index (χ2v) is 1.56. The average molecular weight is 249 g/mol. The summed E-state index contributed by atoms with van der Waals surface area (Å²) in [7, 11) is 0. The van der Waals surface area contributed by atoms with E-state index in [9.17, 15) is 0 Å². The Hall–Kier alpha value is 0.436. The molecule has 0 aromatic rings. The first-order chi connectivity index (χ1) is 5.20. The van der Waals surface area contributed by atoms with Crippen molar-refractivity contribution < 1.29 is 35.4 Å². The molecule has 0 aliphatic carbocycles. The van der Waals surface area contributed by atoms with E-state index in [0.29, 0.717) is 0 Å². The molecule has 0 saturated heterocycles. The van der Waals surface area contributed by atoms with E-state index in [1.165, 1.54) is 0 Å². The van der Waals surface area contributed by atoms with E-state index in [0.717, 1.165) is 20.8 Å². The number of carboxylic acids is 3. The molecule has 0 aliphatic heterocycles. The minimum atomic E-state index is -0.833. The maximum Gasteiger partial charge on any atom is 2.00 e. The van der Waals surface area contributed by atoms with Crippen molar-refractivity contribution in [1.29, 1.82) is 0 Å². The summed E-state index contributed by atoms with van der Waals surface area (Å²) in [6.45, 7) is 3.25. The van der Waals surface area contributed by atoms with E-state index in [-0.39, 0.29) is 66.5 Å². The van der Waals surface area contributed by atoms with Gasteiger partial charge in [-0.1, -0.05) is 0 Å². The molecule has 0 fully saturated rings. The number of rotatable bonds is 0. The molecule has 0 heterocycles. The fourth-order valence-electron chi connectivity index (χ4n) is 0. The standard InChI is InChI=1S/3C2H4O2.Ca.Mg.4H/c3*1-2(3)4;;;;;;/h3*1H3,(H,3,4);;;;;;/q;;;2*+2;4*-1. The van der Waals surface area contributed by atoms with Gasteiger partial charge in [0.05, 0.1) is 0 Å². The Morgan fingerprint density at radius 1 is 0.786 bits per heavy atom. The molecule has 14 heavy (non-hydrogen) atoms. The number of aliphatic carboxylic acids is 3. The molecule has 0 spiro atoms. The molecule has 0 amide bonds. The molecule has 0 aromatic heterocycles. The second-order valence-electron chi connectivity index (χ2n) is 1.56. The summed E-state index contributed by atoms with van der Waals surface area (Å²) in [6, 6.07) is 0. The Kier molecular flexibility index (Phi) is 48.8. The van der Waals surface area contributed by atoms with Gasteiger partial charge >= 0.3 is 60.8 Å². The van der Waals surface area contributed by atoms with Crippen LogP contribution in [-0.2, 0) is 14.4 Å². The zero-order chi connectivity index (χ0) is 10.7. The van der Waals surface area contributed by atoms with Crippen LogP contribution in [-0.4, -0.2) is 94.0 Å². The molecule has 0 atom stereocenters. The van der Waals surface area contributed by atoms with Crippen molar-refractivity contribution in [1.82, 2.24) is 0 Å². The van der Waals surface area contributed by atoms with Crippen LogP contribution in [0.3, 0.4) is 0 Å². The molecule has 0 aromatic carbocycles. The van der Waals surface area contributed by atoms with Gasteiger partial charge in [-0.2, -0.15) is 0 Å². The van der Waals surface area contributed by atoms with E-state index >= 15 is 0 Å². The first-order valence-corrected chi connectivity index (χ1v) is 2.78. The molecule has 0 saturated carbocycles. The number of hydrogen-bond donors (Lipinski definition) is 3. The van der Waals surface area contributed by atoms with Crippen molar-refractivity contribution >= 4 is 78.7 Å². The van der Waals surface area contributed by atoms with Crippen LogP contribution < -0.4 is 0 Å². The molecular formula is C6H16CaMgO6. The van der Waals surface area contributed by atoms with E-state index in [1.54, 1.807) is 0 Å². The van der Waals surface area contributed by atoms with E-state index < -0.39 is 17.9 Å². The molecule has 0 aliphatic rings. The van der Waals surface area contributed by atoms with Crippen molar-refractivity contribution in [2.24, 2.45) is 0 Å². The van der Waals surface area contributed by atoms with Gasteiger partial charge in [-0.3, -0.25) is 14.4 Å². The van der Waals surface area contributed by atoms with Crippen LogP contribution >= 0.6 is 0 Å². The predicted molar refractivity (Wildman–Crippen MR) is 55.9 cm³/mol. The number of carboxylic acid groups (broad SMARTS) is 3. The number of hydrogen-bond acceptors (Lipinski definition) is 3. The summed E-state index contributed by atoms with van der Waals surface area (Å²) >= 11 is 0. The summed E-state index contributed by atoms with van der Waals surface area (Å²) in [5.74, 6) is -2.50. The third kappa shape index (κ3) is 8560. The first kappa shape index (κ1) is 29.3. The van der Waals surface area contributed by atoms with Gasteiger partial charge in [0.15, 0.2) is 0 Å². The zero-order valence-corrected chi connectivity index (χ0v) is 12.1. The summed E-state index contributed by atoms with van der Waals surface area (Å²) < 4.78 is 0. The largest absolute Gasteiger partial charge is 2.00 e. The normalized spacial score (nSPS) is 5.36. The van der Waals surface area contributed by atoms with Gasteiger partial charge in [-0.15, -0.1) is 0 Å². The Morgan fingerprint density at radius 2 is 0.786 bits per heavy atom. The van der Waals surface area contributed by atoms with E-state index in [4.69, 9.17) is 29.7 Å². The first-order valence-electron chi connectivity index (χ1n) is 2.78. The third-order valence-electron chi connectivity index (χ3n) is 0. The Morgan fingerprint density at radius 3 is 0.786 bits per heavy atom. The quantitative estimate of drug-likeness (QED) is 0.519. The van der Waals surface area contributed by atoms with Gasteiger partial charge in [0.1, 0.15) is 0 Å². The van der Waals surface area contributed by atoms with Gasteiger partial charge in [-0.25, -0.2) is 0 Å². The molecule has 0 radical (unpaired) electrons. The van der Waals surface area contributed by atoms with Crippen LogP contribution in [0.25, 0.3) is 0 Å². The monoisotopic (exact) mass is 248 g/mol. The van der Waals surface area contributed by atoms with Crippen LogP contribution in [0.1, 0.15) is 26.5 Å². The molecular weight excluding hydrogens is 232 g/mol. The van der Waals surface area contributed by atoms with Crippen molar-refractivity contribution in [3.63, 3.8) is 0 Å². The minimum Gasteiger partial charge on any atom is -1.00 e. The van der Waals surface area contributed by atoms with Gasteiger partial charge in [0.25, 0.3) is 17.9 Å². The zero-order valence-electron chi connectivity index (χ0n) is 12.5. The van der Waals surface area contributed by atoms with Crippen LogP contribution in [0, 0.1) is 0 Å². The van der Waals surface area contributed by atoms with Gasteiger partial charge in [0, 0.05) is 20.8 Å².